The molecule has 7 heteroatoms. The molecule has 0 unspecified atom stereocenters. The number of carbonyl (C=O) groups is 2. The fourth-order valence-corrected chi connectivity index (χ4v) is 3.65. The quantitative estimate of drug-likeness (QED) is 0.890. The van der Waals surface area contributed by atoms with Crippen LogP contribution in [-0.2, 0) is 13.0 Å². The number of amides is 1. The second-order valence-electron chi connectivity index (χ2n) is 6.55. The molecule has 2 aliphatic rings. The van der Waals surface area contributed by atoms with Gasteiger partial charge in [0.1, 0.15) is 5.69 Å². The molecule has 6 nitrogen and oxygen atoms in total. The molecule has 1 fully saturated rings. The summed E-state index contributed by atoms with van der Waals surface area (Å²) < 4.78 is 1.57. The molecule has 1 aliphatic heterocycles. The molecule has 2 aromatic rings. The number of halogens is 1. The highest BCUT2D eigenvalue weighted by Crippen LogP contribution is 2.44. The van der Waals surface area contributed by atoms with E-state index in [9.17, 15) is 14.7 Å². The molecule has 0 atom stereocenters. The number of rotatable bonds is 5. The van der Waals surface area contributed by atoms with Crippen molar-refractivity contribution in [1.29, 1.82) is 0 Å². The number of carboxylic acid groups (broad SMARTS) is 1. The van der Waals surface area contributed by atoms with Crippen molar-refractivity contribution in [2.24, 2.45) is 0 Å². The molecule has 1 aromatic heterocycles. The van der Waals surface area contributed by atoms with Crippen LogP contribution in [0.25, 0.3) is 0 Å². The first-order valence-corrected chi connectivity index (χ1v) is 8.80. The SMILES string of the molecule is O=C(O)c1nn2c(c1C1CC1)C(=O)N(CCc1ccccc1Cl)CC2. The lowest BCUT2D eigenvalue weighted by Crippen LogP contribution is -2.42. The normalized spacial score (nSPS) is 16.8. The summed E-state index contributed by atoms with van der Waals surface area (Å²) in [5.41, 5.74) is 2.13. The third-order valence-corrected chi connectivity index (χ3v) is 5.23. The summed E-state index contributed by atoms with van der Waals surface area (Å²) in [4.78, 5) is 26.2. The zero-order valence-electron chi connectivity index (χ0n) is 13.6. The fraction of sp³-hybridized carbons (Fsp3) is 0.389. The summed E-state index contributed by atoms with van der Waals surface area (Å²) >= 11 is 6.19. The van der Waals surface area contributed by atoms with Crippen LogP contribution < -0.4 is 0 Å². The number of carbonyl (C=O) groups excluding carboxylic acids is 1. The number of aromatic nitrogens is 2. The maximum atomic E-state index is 13.0. The summed E-state index contributed by atoms with van der Waals surface area (Å²) in [6.45, 7) is 1.61. The first kappa shape index (κ1) is 16.1. The number of hydrogen-bond acceptors (Lipinski definition) is 3. The summed E-state index contributed by atoms with van der Waals surface area (Å²) in [6.07, 6.45) is 2.52. The predicted octanol–water partition coefficient (Wildman–Crippen LogP) is 2.81. The van der Waals surface area contributed by atoms with Gasteiger partial charge in [-0.05, 0) is 36.8 Å². The van der Waals surface area contributed by atoms with Gasteiger partial charge in [0.2, 0.25) is 0 Å². The largest absolute Gasteiger partial charge is 0.476 e. The zero-order chi connectivity index (χ0) is 17.6. The molecule has 4 rings (SSSR count). The molecule has 1 saturated carbocycles. The lowest BCUT2D eigenvalue weighted by atomic mass is 10.1. The van der Waals surface area contributed by atoms with Gasteiger partial charge in [-0.25, -0.2) is 4.79 Å². The highest BCUT2D eigenvalue weighted by atomic mass is 35.5. The van der Waals surface area contributed by atoms with E-state index in [1.54, 1.807) is 9.58 Å². The van der Waals surface area contributed by atoms with Gasteiger partial charge in [0.05, 0.1) is 6.54 Å². The van der Waals surface area contributed by atoms with Gasteiger partial charge in [-0.15, -0.1) is 0 Å². The Morgan fingerprint density at radius 2 is 2.04 bits per heavy atom. The molecule has 0 spiro atoms. The van der Waals surface area contributed by atoms with Crippen molar-refractivity contribution in [2.75, 3.05) is 13.1 Å². The highest BCUT2D eigenvalue weighted by Gasteiger charge is 2.39. The third kappa shape index (κ3) is 2.91. The molecular formula is C18H18ClN3O3. The maximum absolute atomic E-state index is 13.0. The number of hydrogen-bond donors (Lipinski definition) is 1. The minimum atomic E-state index is -1.06. The van der Waals surface area contributed by atoms with Crippen LogP contribution >= 0.6 is 11.6 Å². The van der Waals surface area contributed by atoms with Crippen molar-refractivity contribution in [3.63, 3.8) is 0 Å². The Morgan fingerprint density at radius 3 is 2.72 bits per heavy atom. The number of benzene rings is 1. The Balaban J connectivity index is 1.59. The zero-order valence-corrected chi connectivity index (χ0v) is 14.4. The minimum Gasteiger partial charge on any atom is -0.476 e. The lowest BCUT2D eigenvalue weighted by Gasteiger charge is -2.28. The van der Waals surface area contributed by atoms with Crippen molar-refractivity contribution < 1.29 is 14.7 Å². The van der Waals surface area contributed by atoms with Gasteiger partial charge in [0, 0.05) is 23.7 Å². The molecule has 130 valence electrons. The lowest BCUT2D eigenvalue weighted by molar-refractivity contribution is 0.0678. The summed E-state index contributed by atoms with van der Waals surface area (Å²) in [5, 5.41) is 14.3. The summed E-state index contributed by atoms with van der Waals surface area (Å²) in [7, 11) is 0. The first-order valence-electron chi connectivity index (χ1n) is 8.43. The Hall–Kier alpha value is -2.34. The van der Waals surface area contributed by atoms with E-state index in [0.29, 0.717) is 42.3 Å². The maximum Gasteiger partial charge on any atom is 0.356 e. The van der Waals surface area contributed by atoms with Crippen LogP contribution in [0.4, 0.5) is 0 Å². The van der Waals surface area contributed by atoms with Crippen LogP contribution in [0.3, 0.4) is 0 Å². The van der Waals surface area contributed by atoms with Crippen molar-refractivity contribution in [1.82, 2.24) is 14.7 Å². The van der Waals surface area contributed by atoms with Crippen molar-refractivity contribution in [3.05, 3.63) is 51.8 Å². The third-order valence-electron chi connectivity index (χ3n) is 4.86. The van der Waals surface area contributed by atoms with Gasteiger partial charge in [0.25, 0.3) is 5.91 Å². The van der Waals surface area contributed by atoms with Gasteiger partial charge in [0.15, 0.2) is 5.69 Å². The summed E-state index contributed by atoms with van der Waals surface area (Å²) in [6, 6.07) is 7.61. The van der Waals surface area contributed by atoms with Crippen LogP contribution in [0.1, 0.15) is 50.9 Å². The fourth-order valence-electron chi connectivity index (χ4n) is 3.42. The smallest absolute Gasteiger partial charge is 0.356 e. The van der Waals surface area contributed by atoms with Gasteiger partial charge in [-0.3, -0.25) is 9.48 Å². The average molecular weight is 360 g/mol. The van der Waals surface area contributed by atoms with E-state index in [1.807, 2.05) is 24.3 Å². The molecule has 25 heavy (non-hydrogen) atoms. The van der Waals surface area contributed by atoms with E-state index in [-0.39, 0.29) is 17.5 Å². The van der Waals surface area contributed by atoms with E-state index >= 15 is 0 Å². The minimum absolute atomic E-state index is 0.0406. The number of aromatic carboxylic acids is 1. The predicted molar refractivity (Wildman–Crippen MR) is 92.2 cm³/mol. The van der Waals surface area contributed by atoms with Gasteiger partial charge >= 0.3 is 5.97 Å². The van der Waals surface area contributed by atoms with Crippen molar-refractivity contribution in [2.45, 2.75) is 31.7 Å². The Morgan fingerprint density at radius 1 is 1.28 bits per heavy atom. The van der Waals surface area contributed by atoms with Crippen LogP contribution in [0.5, 0.6) is 0 Å². The topological polar surface area (TPSA) is 75.4 Å². The second-order valence-corrected chi connectivity index (χ2v) is 6.95. The molecule has 1 aromatic carbocycles. The molecule has 0 saturated heterocycles. The Bertz CT molecular complexity index is 857. The molecule has 1 N–H and O–H groups in total. The summed E-state index contributed by atoms with van der Waals surface area (Å²) in [5.74, 6) is -1.03. The van der Waals surface area contributed by atoms with E-state index < -0.39 is 5.97 Å². The second kappa shape index (κ2) is 6.19. The highest BCUT2D eigenvalue weighted by molar-refractivity contribution is 6.31. The molecule has 0 radical (unpaired) electrons. The number of nitrogens with zero attached hydrogens (tertiary/aromatic N) is 3. The molecule has 1 amide bonds. The van der Waals surface area contributed by atoms with Crippen LogP contribution in [0, 0.1) is 0 Å². The van der Waals surface area contributed by atoms with Crippen molar-refractivity contribution >= 4 is 23.5 Å². The van der Waals surface area contributed by atoms with E-state index in [4.69, 9.17) is 11.6 Å². The molecular weight excluding hydrogens is 342 g/mol. The molecule has 0 bridgehead atoms. The molecule has 2 heterocycles. The van der Waals surface area contributed by atoms with Gasteiger partial charge in [-0.1, -0.05) is 29.8 Å². The molecule has 1 aliphatic carbocycles. The van der Waals surface area contributed by atoms with Crippen LogP contribution in [0.15, 0.2) is 24.3 Å². The monoisotopic (exact) mass is 359 g/mol. The average Bonchev–Trinajstić information content (AvgIpc) is 3.35. The van der Waals surface area contributed by atoms with Gasteiger partial charge in [-0.2, -0.15) is 5.10 Å². The number of fused-ring (bicyclic) bond motifs is 1. The van der Waals surface area contributed by atoms with E-state index in [0.717, 1.165) is 18.4 Å². The Labute approximate surface area is 150 Å². The first-order chi connectivity index (χ1) is 12.1. The van der Waals surface area contributed by atoms with Crippen LogP contribution in [-0.4, -0.2) is 44.8 Å². The Kier molecular flexibility index (Phi) is 4.00. The van der Waals surface area contributed by atoms with E-state index in [2.05, 4.69) is 5.10 Å². The standard InChI is InChI=1S/C18H18ClN3O3/c19-13-4-2-1-3-11(13)7-8-21-9-10-22-16(17(21)23)14(12-5-6-12)15(20-22)18(24)25/h1-4,12H,5-10H2,(H,24,25). The van der Waals surface area contributed by atoms with E-state index in [1.165, 1.54) is 0 Å². The van der Waals surface area contributed by atoms with Gasteiger partial charge < -0.3 is 10.0 Å². The van der Waals surface area contributed by atoms with Crippen molar-refractivity contribution in [3.8, 4) is 0 Å². The number of carboxylic acids is 1. The van der Waals surface area contributed by atoms with Crippen LogP contribution in [0.2, 0.25) is 5.02 Å².